The summed E-state index contributed by atoms with van der Waals surface area (Å²) < 4.78 is 4.94. The summed E-state index contributed by atoms with van der Waals surface area (Å²) in [4.78, 5) is 10.7. The molecule has 1 atom stereocenters. The summed E-state index contributed by atoms with van der Waals surface area (Å²) in [5.74, 6) is -0.404. The molecule has 0 aliphatic heterocycles. The van der Waals surface area contributed by atoms with Gasteiger partial charge in [0.2, 0.25) is 0 Å². The summed E-state index contributed by atoms with van der Waals surface area (Å²) in [6.45, 7) is 8.95. The van der Waals surface area contributed by atoms with Crippen molar-refractivity contribution in [2.45, 2.75) is 25.7 Å². The maximum Gasteiger partial charge on any atom is 0.330 e. The number of hydrogen-bond donors (Lipinski definition) is 0. The van der Waals surface area contributed by atoms with Gasteiger partial charge < -0.3 is 4.74 Å². The Morgan fingerprint density at radius 3 is 2.45 bits per heavy atom. The molecule has 64 valence electrons. The van der Waals surface area contributed by atoms with E-state index < -0.39 is 13.4 Å². The second-order valence-electron chi connectivity index (χ2n) is 2.85. The predicted octanol–water partition coefficient (Wildman–Crippen LogP) is 2.09. The average molecular weight is 193 g/mol. The molecular weight excluding hydrogens is 180 g/mol. The Labute approximate surface area is 72.9 Å². The van der Waals surface area contributed by atoms with Gasteiger partial charge in [0.15, 0.2) is 7.38 Å². The molecular formula is C7H13ClO2Si. The molecule has 0 heterocycles. The van der Waals surface area contributed by atoms with Crippen LogP contribution in [0.25, 0.3) is 0 Å². The van der Waals surface area contributed by atoms with Gasteiger partial charge in [-0.1, -0.05) is 19.7 Å². The molecule has 0 rings (SSSR count). The quantitative estimate of drug-likeness (QED) is 0.296. The van der Waals surface area contributed by atoms with Gasteiger partial charge in [-0.2, -0.15) is 11.1 Å². The highest BCUT2D eigenvalue weighted by molar-refractivity contribution is 7.19. The van der Waals surface area contributed by atoms with Crippen LogP contribution in [0.15, 0.2) is 12.7 Å². The van der Waals surface area contributed by atoms with Crippen molar-refractivity contribution in [1.29, 1.82) is 0 Å². The summed E-state index contributed by atoms with van der Waals surface area (Å²) in [6, 6.07) is 0. The van der Waals surface area contributed by atoms with Gasteiger partial charge in [0.1, 0.15) is 5.73 Å². The zero-order chi connectivity index (χ0) is 9.07. The minimum absolute atomic E-state index is 0.172. The first-order chi connectivity index (χ1) is 4.88. The zero-order valence-corrected chi connectivity index (χ0v) is 8.81. The average Bonchev–Trinajstić information content (AvgIpc) is 1.85. The molecule has 0 saturated carbocycles. The molecule has 0 amide bonds. The highest BCUT2D eigenvalue weighted by Crippen LogP contribution is 2.15. The monoisotopic (exact) mass is 192 g/mol. The van der Waals surface area contributed by atoms with Crippen molar-refractivity contribution in [3.8, 4) is 0 Å². The van der Waals surface area contributed by atoms with E-state index in [4.69, 9.17) is 15.8 Å². The number of halogens is 1. The predicted molar refractivity (Wildman–Crippen MR) is 49.1 cm³/mol. The Morgan fingerprint density at radius 1 is 1.73 bits per heavy atom. The fourth-order valence-corrected chi connectivity index (χ4v) is 0.892. The minimum atomic E-state index is -1.86. The van der Waals surface area contributed by atoms with E-state index in [0.29, 0.717) is 0 Å². The van der Waals surface area contributed by atoms with Crippen molar-refractivity contribution >= 4 is 24.4 Å². The minimum Gasteiger partial charge on any atom is -0.462 e. The van der Waals surface area contributed by atoms with Gasteiger partial charge in [-0.05, 0) is 6.92 Å². The summed E-state index contributed by atoms with van der Waals surface area (Å²) in [5.41, 5.74) is -0.172. The molecule has 0 fully saturated rings. The van der Waals surface area contributed by atoms with E-state index in [1.807, 2.05) is 13.1 Å². The van der Waals surface area contributed by atoms with Gasteiger partial charge in [-0.25, -0.2) is 4.79 Å². The van der Waals surface area contributed by atoms with Gasteiger partial charge in [0.05, 0.1) is 0 Å². The summed E-state index contributed by atoms with van der Waals surface area (Å²) in [7, 11) is -1.86. The van der Waals surface area contributed by atoms with Gasteiger partial charge in [-0.15, -0.1) is 0 Å². The van der Waals surface area contributed by atoms with Crippen molar-refractivity contribution in [3.05, 3.63) is 12.7 Å². The summed E-state index contributed by atoms with van der Waals surface area (Å²) in [6.07, 6.45) is 1.15. The number of rotatable bonds is 3. The lowest BCUT2D eigenvalue weighted by Gasteiger charge is -2.21. The second kappa shape index (κ2) is 3.92. The molecule has 0 aliphatic carbocycles. The Kier molecular flexibility index (Phi) is 3.82. The van der Waals surface area contributed by atoms with Crippen molar-refractivity contribution < 1.29 is 9.53 Å². The molecule has 1 unspecified atom stereocenters. The van der Waals surface area contributed by atoms with E-state index in [9.17, 15) is 4.79 Å². The van der Waals surface area contributed by atoms with Crippen LogP contribution in [0.5, 0.6) is 0 Å². The molecule has 11 heavy (non-hydrogen) atoms. The van der Waals surface area contributed by atoms with Crippen LogP contribution >= 0.6 is 11.1 Å². The van der Waals surface area contributed by atoms with E-state index in [2.05, 4.69) is 6.58 Å². The van der Waals surface area contributed by atoms with Crippen LogP contribution in [0, 0.1) is 0 Å². The number of esters is 1. The van der Waals surface area contributed by atoms with Crippen molar-refractivity contribution in [3.63, 3.8) is 0 Å². The normalized spacial score (nSPS) is 13.8. The lowest BCUT2D eigenvalue weighted by molar-refractivity contribution is -0.139. The molecule has 0 aromatic heterocycles. The highest BCUT2D eigenvalue weighted by atomic mass is 35.6. The van der Waals surface area contributed by atoms with Crippen molar-refractivity contribution in [1.82, 2.24) is 0 Å². The summed E-state index contributed by atoms with van der Waals surface area (Å²) in [5, 5.41) is 0. The van der Waals surface area contributed by atoms with Crippen LogP contribution in [0.3, 0.4) is 0 Å². The van der Waals surface area contributed by atoms with E-state index in [1.165, 1.54) is 0 Å². The maximum absolute atomic E-state index is 10.7. The zero-order valence-electron chi connectivity index (χ0n) is 7.06. The molecule has 0 N–H and O–H groups in total. The molecule has 0 aromatic rings. The Balaban J connectivity index is 3.97. The second-order valence-corrected chi connectivity index (χ2v) is 9.71. The number of carbonyl (C=O) groups excluding carboxylic acids is 1. The highest BCUT2D eigenvalue weighted by Gasteiger charge is 2.28. The smallest absolute Gasteiger partial charge is 0.330 e. The molecule has 0 aliphatic rings. The van der Waals surface area contributed by atoms with Crippen LogP contribution in [0.2, 0.25) is 13.1 Å². The first-order valence-corrected chi connectivity index (χ1v) is 7.49. The van der Waals surface area contributed by atoms with E-state index in [1.54, 1.807) is 6.92 Å². The van der Waals surface area contributed by atoms with Crippen molar-refractivity contribution in [2.24, 2.45) is 0 Å². The SMILES string of the molecule is C=CC(=O)OC(C)[Si](C)(C)Cl. The Hall–Kier alpha value is -0.283. The molecule has 0 radical (unpaired) electrons. The van der Waals surface area contributed by atoms with Gasteiger partial charge in [-0.3, -0.25) is 0 Å². The molecule has 0 saturated heterocycles. The molecule has 0 bridgehead atoms. The lowest BCUT2D eigenvalue weighted by atomic mass is 10.6. The first-order valence-electron chi connectivity index (χ1n) is 3.40. The third-order valence-electron chi connectivity index (χ3n) is 1.43. The van der Waals surface area contributed by atoms with Crippen LogP contribution < -0.4 is 0 Å². The first kappa shape index (κ1) is 10.7. The number of carbonyl (C=O) groups is 1. The Morgan fingerprint density at radius 2 is 2.18 bits per heavy atom. The van der Waals surface area contributed by atoms with Gasteiger partial charge in [0.25, 0.3) is 0 Å². The van der Waals surface area contributed by atoms with Crippen LogP contribution in [-0.4, -0.2) is 19.1 Å². The summed E-state index contributed by atoms with van der Waals surface area (Å²) >= 11 is 6.01. The van der Waals surface area contributed by atoms with E-state index in [-0.39, 0.29) is 5.73 Å². The standard InChI is InChI=1S/C7H13ClO2Si/c1-5-7(9)10-6(2)11(3,4)8/h5-6H,1H2,2-4H3. The van der Waals surface area contributed by atoms with E-state index in [0.717, 1.165) is 6.08 Å². The topological polar surface area (TPSA) is 26.3 Å². The molecule has 4 heteroatoms. The fourth-order valence-electron chi connectivity index (χ4n) is 0.362. The van der Waals surface area contributed by atoms with Crippen LogP contribution in [0.4, 0.5) is 0 Å². The van der Waals surface area contributed by atoms with Crippen LogP contribution in [0.1, 0.15) is 6.92 Å². The van der Waals surface area contributed by atoms with Gasteiger partial charge in [0, 0.05) is 6.08 Å². The number of ether oxygens (including phenoxy) is 1. The Bertz CT molecular complexity index is 162. The fraction of sp³-hybridized carbons (Fsp3) is 0.571. The third-order valence-corrected chi connectivity index (χ3v) is 4.40. The molecule has 0 spiro atoms. The largest absolute Gasteiger partial charge is 0.462 e. The lowest BCUT2D eigenvalue weighted by Crippen LogP contribution is -2.36. The third kappa shape index (κ3) is 4.21. The van der Waals surface area contributed by atoms with E-state index >= 15 is 0 Å². The molecule has 0 aromatic carbocycles. The number of hydrogen-bond acceptors (Lipinski definition) is 2. The molecule has 2 nitrogen and oxygen atoms in total. The van der Waals surface area contributed by atoms with Crippen LogP contribution in [-0.2, 0) is 9.53 Å². The maximum atomic E-state index is 10.7. The van der Waals surface area contributed by atoms with Gasteiger partial charge >= 0.3 is 5.97 Å². The van der Waals surface area contributed by atoms with Crippen molar-refractivity contribution in [2.75, 3.05) is 0 Å².